The Morgan fingerprint density at radius 3 is 2.12 bits per heavy atom. The van der Waals surface area contributed by atoms with Crippen LogP contribution in [0.5, 0.6) is 0 Å². The Hall–Kier alpha value is -1.06. The fraction of sp³-hybridized carbons (Fsp3) is 0.571. The van der Waals surface area contributed by atoms with Gasteiger partial charge >= 0.3 is 0 Å². The minimum Gasteiger partial charge on any atom is -0.378 e. The Labute approximate surface area is 105 Å². The average molecular weight is 235 g/mol. The molecular formula is C14H25N3. The number of hydrogen-bond acceptors (Lipinski definition) is 3. The van der Waals surface area contributed by atoms with E-state index in [0.717, 1.165) is 13.0 Å². The lowest BCUT2D eigenvalue weighted by Gasteiger charge is -2.27. The summed E-state index contributed by atoms with van der Waals surface area (Å²) in [6.07, 6.45) is 1.16. The van der Waals surface area contributed by atoms with Crippen molar-refractivity contribution in [3.05, 3.63) is 29.8 Å². The molecule has 0 fully saturated rings. The minimum atomic E-state index is 0.325. The molecule has 96 valence electrons. The summed E-state index contributed by atoms with van der Waals surface area (Å²) in [6, 6.07) is 8.99. The number of rotatable bonds is 6. The van der Waals surface area contributed by atoms with Gasteiger partial charge in [-0.3, -0.25) is 4.90 Å². The number of benzene rings is 1. The van der Waals surface area contributed by atoms with Crippen LogP contribution in [0.3, 0.4) is 0 Å². The van der Waals surface area contributed by atoms with E-state index in [0.29, 0.717) is 12.6 Å². The summed E-state index contributed by atoms with van der Waals surface area (Å²) < 4.78 is 0. The standard InChI is InChI=1S/C14H25N3/c1-5-10-17(4)14(11-15)12-6-8-13(9-7-12)16(2)3/h6-9,14H,5,10-11,15H2,1-4H3. The molecule has 0 heterocycles. The van der Waals surface area contributed by atoms with Crippen molar-refractivity contribution in [2.45, 2.75) is 19.4 Å². The fourth-order valence-corrected chi connectivity index (χ4v) is 2.07. The van der Waals surface area contributed by atoms with Crippen molar-refractivity contribution < 1.29 is 0 Å². The summed E-state index contributed by atoms with van der Waals surface area (Å²) in [4.78, 5) is 4.43. The molecule has 0 aromatic heterocycles. The molecule has 1 aromatic carbocycles. The highest BCUT2D eigenvalue weighted by atomic mass is 15.1. The van der Waals surface area contributed by atoms with E-state index in [9.17, 15) is 0 Å². The summed E-state index contributed by atoms with van der Waals surface area (Å²) >= 11 is 0. The van der Waals surface area contributed by atoms with Crippen LogP contribution in [0.4, 0.5) is 5.69 Å². The number of hydrogen-bond donors (Lipinski definition) is 1. The van der Waals surface area contributed by atoms with Gasteiger partial charge in [-0.15, -0.1) is 0 Å². The Morgan fingerprint density at radius 1 is 1.12 bits per heavy atom. The van der Waals surface area contributed by atoms with Gasteiger partial charge in [-0.05, 0) is 37.7 Å². The Balaban J connectivity index is 2.82. The quantitative estimate of drug-likeness (QED) is 0.819. The van der Waals surface area contributed by atoms with E-state index in [2.05, 4.69) is 62.1 Å². The van der Waals surface area contributed by atoms with Crippen LogP contribution >= 0.6 is 0 Å². The summed E-state index contributed by atoms with van der Waals surface area (Å²) in [5.41, 5.74) is 8.41. The zero-order valence-electron chi connectivity index (χ0n) is 11.5. The van der Waals surface area contributed by atoms with Gasteiger partial charge in [-0.2, -0.15) is 0 Å². The van der Waals surface area contributed by atoms with E-state index in [4.69, 9.17) is 5.73 Å². The van der Waals surface area contributed by atoms with Crippen LogP contribution in [0.15, 0.2) is 24.3 Å². The third-order valence-corrected chi connectivity index (χ3v) is 3.13. The smallest absolute Gasteiger partial charge is 0.0467 e. The van der Waals surface area contributed by atoms with Crippen LogP contribution < -0.4 is 10.6 Å². The second-order valence-electron chi connectivity index (χ2n) is 4.72. The van der Waals surface area contributed by atoms with E-state index >= 15 is 0 Å². The highest BCUT2D eigenvalue weighted by Gasteiger charge is 2.14. The molecule has 1 atom stereocenters. The molecule has 1 rings (SSSR count). The second kappa shape index (κ2) is 6.62. The number of nitrogens with two attached hydrogens (primary N) is 1. The first-order valence-corrected chi connectivity index (χ1v) is 6.27. The molecule has 1 aromatic rings. The van der Waals surface area contributed by atoms with Crippen LogP contribution in [0.25, 0.3) is 0 Å². The van der Waals surface area contributed by atoms with Crippen molar-refractivity contribution in [1.29, 1.82) is 0 Å². The topological polar surface area (TPSA) is 32.5 Å². The van der Waals surface area contributed by atoms with Gasteiger partial charge in [-0.1, -0.05) is 19.1 Å². The number of likely N-dealkylation sites (N-methyl/N-ethyl adjacent to an activating group) is 1. The molecule has 0 radical (unpaired) electrons. The lowest BCUT2D eigenvalue weighted by molar-refractivity contribution is 0.251. The maximum atomic E-state index is 5.88. The summed E-state index contributed by atoms with van der Waals surface area (Å²) in [6.45, 7) is 3.94. The maximum absolute atomic E-state index is 5.88. The van der Waals surface area contributed by atoms with E-state index in [1.807, 2.05) is 0 Å². The van der Waals surface area contributed by atoms with E-state index in [-0.39, 0.29) is 0 Å². The molecule has 2 N–H and O–H groups in total. The molecule has 0 saturated carbocycles. The monoisotopic (exact) mass is 235 g/mol. The lowest BCUT2D eigenvalue weighted by Crippen LogP contribution is -2.31. The molecular weight excluding hydrogens is 210 g/mol. The summed E-state index contributed by atoms with van der Waals surface area (Å²) in [5, 5.41) is 0. The third kappa shape index (κ3) is 3.72. The van der Waals surface area contributed by atoms with Crippen LogP contribution in [0, 0.1) is 0 Å². The lowest BCUT2D eigenvalue weighted by atomic mass is 10.0. The van der Waals surface area contributed by atoms with Crippen LogP contribution in [-0.4, -0.2) is 39.1 Å². The van der Waals surface area contributed by atoms with E-state index < -0.39 is 0 Å². The zero-order valence-corrected chi connectivity index (χ0v) is 11.5. The van der Waals surface area contributed by atoms with Gasteiger partial charge in [0.1, 0.15) is 0 Å². The maximum Gasteiger partial charge on any atom is 0.0467 e. The van der Waals surface area contributed by atoms with Crippen molar-refractivity contribution in [3.8, 4) is 0 Å². The van der Waals surface area contributed by atoms with Crippen molar-refractivity contribution in [1.82, 2.24) is 4.90 Å². The summed E-state index contributed by atoms with van der Waals surface area (Å²) in [7, 11) is 6.25. The Kier molecular flexibility index (Phi) is 5.45. The van der Waals surface area contributed by atoms with Crippen molar-refractivity contribution in [2.24, 2.45) is 5.73 Å². The SMILES string of the molecule is CCCN(C)C(CN)c1ccc(N(C)C)cc1. The highest BCUT2D eigenvalue weighted by Crippen LogP contribution is 2.21. The summed E-state index contributed by atoms with van der Waals surface area (Å²) in [5.74, 6) is 0. The molecule has 3 heteroatoms. The van der Waals surface area contributed by atoms with Crippen LogP contribution in [-0.2, 0) is 0 Å². The van der Waals surface area contributed by atoms with Gasteiger partial charge in [0, 0.05) is 32.4 Å². The largest absolute Gasteiger partial charge is 0.378 e. The first-order chi connectivity index (χ1) is 8.10. The van der Waals surface area contributed by atoms with Gasteiger partial charge < -0.3 is 10.6 Å². The Morgan fingerprint density at radius 2 is 1.71 bits per heavy atom. The first kappa shape index (κ1) is 14.0. The van der Waals surface area contributed by atoms with Crippen LogP contribution in [0.2, 0.25) is 0 Å². The molecule has 3 nitrogen and oxygen atoms in total. The second-order valence-corrected chi connectivity index (χ2v) is 4.72. The predicted octanol–water partition coefficient (Wildman–Crippen LogP) is 2.09. The highest BCUT2D eigenvalue weighted by molar-refractivity contribution is 5.46. The van der Waals surface area contributed by atoms with E-state index in [1.165, 1.54) is 11.3 Å². The third-order valence-electron chi connectivity index (χ3n) is 3.13. The molecule has 0 saturated heterocycles. The zero-order chi connectivity index (χ0) is 12.8. The fourth-order valence-electron chi connectivity index (χ4n) is 2.07. The van der Waals surface area contributed by atoms with Gasteiger partial charge in [0.05, 0.1) is 0 Å². The molecule has 0 aliphatic heterocycles. The molecule has 0 aliphatic carbocycles. The minimum absolute atomic E-state index is 0.325. The number of anilines is 1. The molecule has 0 amide bonds. The van der Waals surface area contributed by atoms with Gasteiger partial charge in [0.25, 0.3) is 0 Å². The normalized spacial score (nSPS) is 12.8. The number of nitrogens with zero attached hydrogens (tertiary/aromatic N) is 2. The first-order valence-electron chi connectivity index (χ1n) is 6.27. The van der Waals surface area contributed by atoms with Crippen LogP contribution in [0.1, 0.15) is 24.9 Å². The van der Waals surface area contributed by atoms with Gasteiger partial charge in [0.15, 0.2) is 0 Å². The Bertz CT molecular complexity index is 319. The van der Waals surface area contributed by atoms with Gasteiger partial charge in [0.2, 0.25) is 0 Å². The molecule has 17 heavy (non-hydrogen) atoms. The van der Waals surface area contributed by atoms with Gasteiger partial charge in [-0.25, -0.2) is 0 Å². The molecule has 0 spiro atoms. The predicted molar refractivity (Wildman–Crippen MR) is 75.5 cm³/mol. The van der Waals surface area contributed by atoms with Crippen molar-refractivity contribution in [3.63, 3.8) is 0 Å². The average Bonchev–Trinajstić information content (AvgIpc) is 2.31. The molecule has 0 bridgehead atoms. The van der Waals surface area contributed by atoms with E-state index in [1.54, 1.807) is 0 Å². The van der Waals surface area contributed by atoms with Crippen molar-refractivity contribution in [2.75, 3.05) is 39.1 Å². The molecule has 1 unspecified atom stereocenters. The molecule has 0 aliphatic rings. The van der Waals surface area contributed by atoms with Crippen molar-refractivity contribution >= 4 is 5.69 Å².